The van der Waals surface area contributed by atoms with Crippen LogP contribution in [0.15, 0.2) is 0 Å². The van der Waals surface area contributed by atoms with Crippen molar-refractivity contribution in [1.29, 1.82) is 0 Å². The molecule has 1 heterocycles. The van der Waals surface area contributed by atoms with E-state index in [1.807, 2.05) is 11.8 Å². The smallest absolute Gasteiger partial charge is 0.0558 e. The van der Waals surface area contributed by atoms with Crippen LogP contribution in [0.1, 0.15) is 0 Å². The zero-order valence-corrected chi connectivity index (χ0v) is 5.65. The van der Waals surface area contributed by atoms with Crippen molar-refractivity contribution in [3.05, 3.63) is 0 Å². The molecule has 1 N–H and O–H groups in total. The molecule has 1 fully saturated rings. The molecule has 0 spiro atoms. The van der Waals surface area contributed by atoms with Crippen molar-refractivity contribution in [1.82, 2.24) is 4.90 Å². The first kappa shape index (κ1) is 6.39. The van der Waals surface area contributed by atoms with Crippen LogP contribution in [0.2, 0.25) is 0 Å². The second-order valence-electron chi connectivity index (χ2n) is 1.88. The van der Waals surface area contributed by atoms with Crippen molar-refractivity contribution in [2.45, 2.75) is 0 Å². The maximum Gasteiger partial charge on any atom is 0.0558 e. The molecule has 0 bridgehead atoms. The second-order valence-corrected chi connectivity index (χ2v) is 2.95. The van der Waals surface area contributed by atoms with E-state index >= 15 is 0 Å². The molecule has 0 aromatic carbocycles. The van der Waals surface area contributed by atoms with Gasteiger partial charge >= 0.3 is 0 Å². The van der Waals surface area contributed by atoms with E-state index in [0.29, 0.717) is 6.61 Å². The summed E-state index contributed by atoms with van der Waals surface area (Å²) in [5, 5.41) is 8.48. The van der Waals surface area contributed by atoms with Crippen LogP contribution in [-0.4, -0.2) is 41.3 Å². The number of rotatable bonds is 2. The van der Waals surface area contributed by atoms with E-state index in [4.69, 9.17) is 5.11 Å². The highest BCUT2D eigenvalue weighted by Gasteiger charge is 2.09. The number of aliphatic hydroxyl groups is 1. The molecule has 0 unspecified atom stereocenters. The fourth-order valence-corrected chi connectivity index (χ4v) is 1.80. The van der Waals surface area contributed by atoms with Crippen LogP contribution in [-0.2, 0) is 0 Å². The molecule has 1 aliphatic heterocycles. The lowest BCUT2D eigenvalue weighted by molar-refractivity contribution is 0.228. The number of hydrogen-bond acceptors (Lipinski definition) is 3. The van der Waals surface area contributed by atoms with Crippen LogP contribution in [0, 0.1) is 0 Å². The summed E-state index contributed by atoms with van der Waals surface area (Å²) in [4.78, 5) is 2.25. The van der Waals surface area contributed by atoms with Gasteiger partial charge in [0.1, 0.15) is 0 Å². The molecule has 0 radical (unpaired) electrons. The SMILES string of the molecule is OCCN1CCSC1. The lowest BCUT2D eigenvalue weighted by Gasteiger charge is -2.09. The zero-order valence-electron chi connectivity index (χ0n) is 4.84. The van der Waals surface area contributed by atoms with Gasteiger partial charge in [0.05, 0.1) is 6.61 Å². The van der Waals surface area contributed by atoms with Gasteiger partial charge in [0, 0.05) is 24.7 Å². The lowest BCUT2D eigenvalue weighted by Crippen LogP contribution is -2.22. The van der Waals surface area contributed by atoms with E-state index in [0.717, 1.165) is 19.0 Å². The highest BCUT2D eigenvalue weighted by atomic mass is 32.2. The van der Waals surface area contributed by atoms with Gasteiger partial charge in [-0.1, -0.05) is 0 Å². The van der Waals surface area contributed by atoms with Crippen LogP contribution in [0.4, 0.5) is 0 Å². The summed E-state index contributed by atoms with van der Waals surface area (Å²) >= 11 is 1.94. The summed E-state index contributed by atoms with van der Waals surface area (Å²) in [5.41, 5.74) is 0. The first-order valence-electron chi connectivity index (χ1n) is 2.84. The fraction of sp³-hybridized carbons (Fsp3) is 1.00. The van der Waals surface area contributed by atoms with Crippen molar-refractivity contribution >= 4 is 11.8 Å². The third kappa shape index (κ3) is 1.65. The molecule has 3 heteroatoms. The average molecular weight is 133 g/mol. The largest absolute Gasteiger partial charge is 0.395 e. The van der Waals surface area contributed by atoms with Gasteiger partial charge in [-0.05, 0) is 0 Å². The van der Waals surface area contributed by atoms with Gasteiger partial charge in [-0.3, -0.25) is 4.90 Å². The molecular formula is C5H11NOS. The number of thioether (sulfide) groups is 1. The van der Waals surface area contributed by atoms with Crippen molar-refractivity contribution < 1.29 is 5.11 Å². The Morgan fingerprint density at radius 1 is 1.62 bits per heavy atom. The predicted molar refractivity (Wildman–Crippen MR) is 36.0 cm³/mol. The van der Waals surface area contributed by atoms with Gasteiger partial charge in [0.25, 0.3) is 0 Å². The molecular weight excluding hydrogens is 122 g/mol. The standard InChI is InChI=1S/C5H11NOS/c7-3-1-6-2-4-8-5-6/h7H,1-5H2. The molecule has 0 aromatic heterocycles. The van der Waals surface area contributed by atoms with Crippen molar-refractivity contribution in [2.75, 3.05) is 31.3 Å². The summed E-state index contributed by atoms with van der Waals surface area (Å²) < 4.78 is 0. The van der Waals surface area contributed by atoms with Gasteiger partial charge in [0.15, 0.2) is 0 Å². The molecule has 48 valence electrons. The average Bonchev–Trinajstić information content (AvgIpc) is 2.19. The first-order chi connectivity index (χ1) is 3.93. The highest BCUT2D eigenvalue weighted by molar-refractivity contribution is 7.99. The normalized spacial score (nSPS) is 22.1. The van der Waals surface area contributed by atoms with Gasteiger partial charge in [-0.25, -0.2) is 0 Å². The van der Waals surface area contributed by atoms with E-state index in [-0.39, 0.29) is 0 Å². The summed E-state index contributed by atoms with van der Waals surface area (Å²) in [6, 6.07) is 0. The minimum atomic E-state index is 0.306. The molecule has 0 atom stereocenters. The van der Waals surface area contributed by atoms with Crippen molar-refractivity contribution in [3.63, 3.8) is 0 Å². The van der Waals surface area contributed by atoms with E-state index in [2.05, 4.69) is 4.90 Å². The highest BCUT2D eigenvalue weighted by Crippen LogP contribution is 2.11. The van der Waals surface area contributed by atoms with E-state index in [9.17, 15) is 0 Å². The van der Waals surface area contributed by atoms with Crippen molar-refractivity contribution in [3.8, 4) is 0 Å². The Morgan fingerprint density at radius 2 is 2.50 bits per heavy atom. The summed E-state index contributed by atoms with van der Waals surface area (Å²) in [7, 11) is 0. The monoisotopic (exact) mass is 133 g/mol. The minimum absolute atomic E-state index is 0.306. The molecule has 0 aromatic rings. The van der Waals surface area contributed by atoms with E-state index in [1.54, 1.807) is 0 Å². The lowest BCUT2D eigenvalue weighted by atomic mass is 10.6. The topological polar surface area (TPSA) is 23.5 Å². The molecule has 2 nitrogen and oxygen atoms in total. The molecule has 1 rings (SSSR count). The van der Waals surface area contributed by atoms with E-state index < -0.39 is 0 Å². The fourth-order valence-electron chi connectivity index (χ4n) is 0.770. The van der Waals surface area contributed by atoms with Crippen LogP contribution >= 0.6 is 11.8 Å². The molecule has 0 amide bonds. The molecule has 0 saturated carbocycles. The first-order valence-corrected chi connectivity index (χ1v) is 4.00. The van der Waals surface area contributed by atoms with Gasteiger partial charge < -0.3 is 5.11 Å². The van der Waals surface area contributed by atoms with Crippen LogP contribution < -0.4 is 0 Å². The summed E-state index contributed by atoms with van der Waals surface area (Å²) in [6.45, 7) is 2.32. The quantitative estimate of drug-likeness (QED) is 0.573. The Kier molecular flexibility index (Phi) is 2.66. The van der Waals surface area contributed by atoms with Gasteiger partial charge in [0.2, 0.25) is 0 Å². The van der Waals surface area contributed by atoms with E-state index in [1.165, 1.54) is 5.75 Å². The van der Waals surface area contributed by atoms with Crippen LogP contribution in [0.5, 0.6) is 0 Å². The third-order valence-electron chi connectivity index (χ3n) is 1.24. The predicted octanol–water partition coefficient (Wildman–Crippen LogP) is -0.0150. The zero-order chi connectivity index (χ0) is 5.82. The Labute approximate surface area is 53.9 Å². The molecule has 1 saturated heterocycles. The Bertz CT molecular complexity index is 63.4. The minimum Gasteiger partial charge on any atom is -0.395 e. The molecule has 8 heavy (non-hydrogen) atoms. The van der Waals surface area contributed by atoms with Crippen LogP contribution in [0.25, 0.3) is 0 Å². The Morgan fingerprint density at radius 3 is 3.00 bits per heavy atom. The van der Waals surface area contributed by atoms with Crippen LogP contribution in [0.3, 0.4) is 0 Å². The van der Waals surface area contributed by atoms with Gasteiger partial charge in [-0.2, -0.15) is 0 Å². The molecule has 0 aliphatic carbocycles. The Hall–Kier alpha value is 0.270. The number of aliphatic hydroxyl groups excluding tert-OH is 1. The number of hydrogen-bond donors (Lipinski definition) is 1. The molecule has 1 aliphatic rings. The third-order valence-corrected chi connectivity index (χ3v) is 2.26. The number of nitrogens with zero attached hydrogens (tertiary/aromatic N) is 1. The Balaban J connectivity index is 2.06. The van der Waals surface area contributed by atoms with Gasteiger partial charge in [-0.15, -0.1) is 11.8 Å². The van der Waals surface area contributed by atoms with Crippen molar-refractivity contribution in [2.24, 2.45) is 0 Å². The summed E-state index contributed by atoms with van der Waals surface area (Å²) in [6.07, 6.45) is 0. The summed E-state index contributed by atoms with van der Waals surface area (Å²) in [5.74, 6) is 2.35. The maximum absolute atomic E-state index is 8.48. The second kappa shape index (κ2) is 3.33. The maximum atomic E-state index is 8.48. The number of β-amino-alcohol motifs (C(OH)–C–C–N with tert-alkyl or cyclic N) is 1.